The molecule has 5 heteroatoms. The number of likely N-dealkylation sites (tertiary alicyclic amines) is 1. The molecular weight excluding hydrogens is 348 g/mol. The Morgan fingerprint density at radius 1 is 1.21 bits per heavy atom. The van der Waals surface area contributed by atoms with Crippen molar-refractivity contribution in [3.05, 3.63) is 35.4 Å². The minimum Gasteiger partial charge on any atom is -0.381 e. The summed E-state index contributed by atoms with van der Waals surface area (Å²) >= 11 is 0. The first kappa shape index (κ1) is 21.1. The minimum absolute atomic E-state index is 0.616. The van der Waals surface area contributed by atoms with Crippen LogP contribution in [0.3, 0.4) is 0 Å². The molecule has 5 nitrogen and oxygen atoms in total. The summed E-state index contributed by atoms with van der Waals surface area (Å²) in [6, 6.07) is 8.98. The van der Waals surface area contributed by atoms with Crippen LogP contribution in [0.25, 0.3) is 0 Å². The van der Waals surface area contributed by atoms with E-state index in [-0.39, 0.29) is 0 Å². The Labute approximate surface area is 171 Å². The van der Waals surface area contributed by atoms with Crippen LogP contribution in [-0.2, 0) is 17.8 Å². The van der Waals surface area contributed by atoms with Crippen LogP contribution in [-0.4, -0.2) is 62.2 Å². The Hall–Kier alpha value is -1.59. The third-order valence-electron chi connectivity index (χ3n) is 5.76. The van der Waals surface area contributed by atoms with Gasteiger partial charge in [0, 0.05) is 39.2 Å². The van der Waals surface area contributed by atoms with Gasteiger partial charge >= 0.3 is 0 Å². The zero-order valence-corrected chi connectivity index (χ0v) is 17.8. The fraction of sp³-hybridized carbons (Fsp3) is 0.696. The van der Waals surface area contributed by atoms with Gasteiger partial charge in [-0.2, -0.15) is 0 Å². The first-order valence-electron chi connectivity index (χ1n) is 11.1. The minimum atomic E-state index is 0.616. The average molecular weight is 387 g/mol. The maximum absolute atomic E-state index is 5.52. The number of hydrogen-bond acceptors (Lipinski definition) is 3. The number of aliphatic imine (C=N–C) groups is 1. The lowest BCUT2D eigenvalue weighted by molar-refractivity contribution is 0.181. The normalized spacial score (nSPS) is 21.5. The monoisotopic (exact) mass is 386 g/mol. The quantitative estimate of drug-likeness (QED) is 0.575. The highest BCUT2D eigenvalue weighted by Gasteiger charge is 2.19. The van der Waals surface area contributed by atoms with Crippen molar-refractivity contribution in [3.8, 4) is 0 Å². The molecule has 1 unspecified atom stereocenters. The van der Waals surface area contributed by atoms with Gasteiger partial charge in [0.15, 0.2) is 5.96 Å². The number of hydrogen-bond donors (Lipinski definition) is 1. The molecule has 0 spiro atoms. The van der Waals surface area contributed by atoms with E-state index >= 15 is 0 Å². The van der Waals surface area contributed by atoms with Crippen molar-refractivity contribution in [1.29, 1.82) is 0 Å². The number of ether oxygens (including phenoxy) is 1. The van der Waals surface area contributed by atoms with E-state index < -0.39 is 0 Å². The zero-order chi connectivity index (χ0) is 19.6. The van der Waals surface area contributed by atoms with Crippen molar-refractivity contribution >= 4 is 5.96 Å². The number of rotatable bonds is 7. The summed E-state index contributed by atoms with van der Waals surface area (Å²) in [6.07, 6.45) is 6.61. The summed E-state index contributed by atoms with van der Waals surface area (Å²) in [6.45, 7) is 10.1. The van der Waals surface area contributed by atoms with E-state index in [1.165, 1.54) is 49.9 Å². The second kappa shape index (κ2) is 11.4. The molecule has 1 aromatic rings. The largest absolute Gasteiger partial charge is 0.381 e. The Bertz CT molecular complexity index is 604. The van der Waals surface area contributed by atoms with Crippen LogP contribution in [0.15, 0.2) is 29.3 Å². The second-order valence-corrected chi connectivity index (χ2v) is 8.29. The molecule has 3 rings (SSSR count). The lowest BCUT2D eigenvalue weighted by atomic mass is 10.1. The van der Waals surface area contributed by atoms with Crippen LogP contribution in [0.4, 0.5) is 0 Å². The lowest BCUT2D eigenvalue weighted by Gasteiger charge is -2.24. The van der Waals surface area contributed by atoms with E-state index in [1.807, 2.05) is 0 Å². The highest BCUT2D eigenvalue weighted by molar-refractivity contribution is 5.79. The Balaban J connectivity index is 1.58. The molecule has 0 saturated carbocycles. The van der Waals surface area contributed by atoms with Crippen LogP contribution in [0.2, 0.25) is 0 Å². The predicted octanol–water partition coefficient (Wildman–Crippen LogP) is 3.50. The Kier molecular flexibility index (Phi) is 8.62. The van der Waals surface area contributed by atoms with Gasteiger partial charge in [0.2, 0.25) is 0 Å². The van der Waals surface area contributed by atoms with E-state index in [9.17, 15) is 0 Å². The second-order valence-electron chi connectivity index (χ2n) is 8.29. The number of benzene rings is 1. The molecule has 1 aromatic carbocycles. The van der Waals surface area contributed by atoms with Crippen molar-refractivity contribution in [2.24, 2.45) is 10.9 Å². The molecule has 28 heavy (non-hydrogen) atoms. The number of nitrogens with zero attached hydrogens (tertiary/aromatic N) is 3. The predicted molar refractivity (Wildman–Crippen MR) is 117 cm³/mol. The number of nitrogens with one attached hydrogen (secondary N) is 1. The van der Waals surface area contributed by atoms with Gasteiger partial charge in [0.25, 0.3) is 0 Å². The third-order valence-corrected chi connectivity index (χ3v) is 5.76. The molecular formula is C23H38N4O. The van der Waals surface area contributed by atoms with Gasteiger partial charge in [0.1, 0.15) is 0 Å². The SMILES string of the molecule is CCNC(=NCc1cccc(CN2CCCCCC2)c1)N(C)CC1CCOC1. The zero-order valence-electron chi connectivity index (χ0n) is 17.8. The van der Waals surface area contributed by atoms with E-state index in [2.05, 4.69) is 53.4 Å². The van der Waals surface area contributed by atoms with Gasteiger partial charge in [0.05, 0.1) is 13.2 Å². The molecule has 0 aliphatic carbocycles. The molecule has 2 aliphatic rings. The topological polar surface area (TPSA) is 40.1 Å². The van der Waals surface area contributed by atoms with Gasteiger partial charge < -0.3 is 15.0 Å². The van der Waals surface area contributed by atoms with Gasteiger partial charge in [-0.1, -0.05) is 37.1 Å². The van der Waals surface area contributed by atoms with Crippen LogP contribution in [0.1, 0.15) is 50.2 Å². The molecule has 2 fully saturated rings. The summed E-state index contributed by atoms with van der Waals surface area (Å²) in [5, 5.41) is 3.44. The highest BCUT2D eigenvalue weighted by atomic mass is 16.5. The average Bonchev–Trinajstić information content (AvgIpc) is 3.07. The van der Waals surface area contributed by atoms with E-state index in [0.717, 1.165) is 51.8 Å². The highest BCUT2D eigenvalue weighted by Crippen LogP contribution is 2.16. The van der Waals surface area contributed by atoms with E-state index in [4.69, 9.17) is 9.73 Å². The summed E-state index contributed by atoms with van der Waals surface area (Å²) in [5.74, 6) is 1.61. The van der Waals surface area contributed by atoms with Crippen molar-refractivity contribution in [3.63, 3.8) is 0 Å². The molecule has 1 atom stereocenters. The van der Waals surface area contributed by atoms with Crippen LogP contribution in [0.5, 0.6) is 0 Å². The first-order chi connectivity index (χ1) is 13.7. The fourth-order valence-electron chi connectivity index (χ4n) is 4.22. The molecule has 1 N–H and O–H groups in total. The fourth-order valence-corrected chi connectivity index (χ4v) is 4.22. The van der Waals surface area contributed by atoms with Crippen molar-refractivity contribution in [2.45, 2.75) is 52.1 Å². The summed E-state index contributed by atoms with van der Waals surface area (Å²) < 4.78 is 5.52. The molecule has 0 aromatic heterocycles. The lowest BCUT2D eigenvalue weighted by Crippen LogP contribution is -2.41. The maximum Gasteiger partial charge on any atom is 0.193 e. The summed E-state index contributed by atoms with van der Waals surface area (Å²) in [7, 11) is 2.13. The first-order valence-corrected chi connectivity index (χ1v) is 11.1. The summed E-state index contributed by atoms with van der Waals surface area (Å²) in [5.41, 5.74) is 2.70. The molecule has 2 saturated heterocycles. The third kappa shape index (κ3) is 6.78. The molecule has 2 heterocycles. The smallest absolute Gasteiger partial charge is 0.193 e. The van der Waals surface area contributed by atoms with Gasteiger partial charge in [-0.3, -0.25) is 4.90 Å². The Morgan fingerprint density at radius 2 is 2.00 bits per heavy atom. The molecule has 0 radical (unpaired) electrons. The molecule has 0 bridgehead atoms. The summed E-state index contributed by atoms with van der Waals surface area (Å²) in [4.78, 5) is 9.77. The van der Waals surface area contributed by atoms with Gasteiger partial charge in [-0.25, -0.2) is 4.99 Å². The molecule has 2 aliphatic heterocycles. The van der Waals surface area contributed by atoms with E-state index in [0.29, 0.717) is 5.92 Å². The van der Waals surface area contributed by atoms with Crippen LogP contribution in [0, 0.1) is 5.92 Å². The molecule has 156 valence electrons. The van der Waals surface area contributed by atoms with Crippen molar-refractivity contribution < 1.29 is 4.74 Å². The van der Waals surface area contributed by atoms with Gasteiger partial charge in [-0.05, 0) is 50.4 Å². The van der Waals surface area contributed by atoms with Crippen molar-refractivity contribution in [2.75, 3.05) is 46.4 Å². The van der Waals surface area contributed by atoms with Gasteiger partial charge in [-0.15, -0.1) is 0 Å². The van der Waals surface area contributed by atoms with Crippen molar-refractivity contribution in [1.82, 2.24) is 15.1 Å². The standard InChI is InChI=1S/C23H38N4O/c1-3-24-23(26(2)17-22-11-14-28-19-22)25-16-20-9-8-10-21(15-20)18-27-12-6-4-5-7-13-27/h8-10,15,22H,3-7,11-14,16-19H2,1-2H3,(H,24,25). The Morgan fingerprint density at radius 3 is 2.71 bits per heavy atom. The molecule has 0 amide bonds. The van der Waals surface area contributed by atoms with Crippen LogP contribution < -0.4 is 5.32 Å². The number of guanidine groups is 1. The van der Waals surface area contributed by atoms with Crippen LogP contribution >= 0.6 is 0 Å². The maximum atomic E-state index is 5.52. The van der Waals surface area contributed by atoms with E-state index in [1.54, 1.807) is 0 Å².